The molecule has 0 aliphatic carbocycles. The van der Waals surface area contributed by atoms with Gasteiger partial charge in [0.15, 0.2) is 0 Å². The number of rotatable bonds is 2. The highest BCUT2D eigenvalue weighted by Gasteiger charge is 2.07. The number of anilines is 3. The van der Waals surface area contributed by atoms with Crippen LogP contribution >= 0.6 is 15.9 Å². The lowest BCUT2D eigenvalue weighted by Crippen LogP contribution is -1.99. The first-order valence-electron chi connectivity index (χ1n) is 4.45. The zero-order chi connectivity index (χ0) is 11.5. The molecule has 0 radical (unpaired) electrons. The van der Waals surface area contributed by atoms with E-state index >= 15 is 0 Å². The van der Waals surface area contributed by atoms with Gasteiger partial charge in [0.05, 0.1) is 5.69 Å². The summed E-state index contributed by atoms with van der Waals surface area (Å²) < 4.78 is 14.1. The zero-order valence-electron chi connectivity index (χ0n) is 8.11. The second-order valence-electron chi connectivity index (χ2n) is 3.05. The number of para-hydroxylation sites is 1. The summed E-state index contributed by atoms with van der Waals surface area (Å²) in [6, 6.07) is 6.23. The maximum absolute atomic E-state index is 13.5. The molecule has 0 amide bonds. The lowest BCUT2D eigenvalue weighted by Gasteiger charge is -2.08. The third-order valence-corrected chi connectivity index (χ3v) is 2.56. The molecule has 0 saturated heterocycles. The Labute approximate surface area is 99.9 Å². The van der Waals surface area contributed by atoms with Gasteiger partial charge in [-0.3, -0.25) is 0 Å². The van der Waals surface area contributed by atoms with Gasteiger partial charge < -0.3 is 11.1 Å². The lowest BCUT2D eigenvalue weighted by molar-refractivity contribution is 0.631. The van der Waals surface area contributed by atoms with Gasteiger partial charge in [-0.05, 0) is 28.1 Å². The van der Waals surface area contributed by atoms with Crippen molar-refractivity contribution in [2.75, 3.05) is 11.1 Å². The van der Waals surface area contributed by atoms with E-state index in [1.165, 1.54) is 18.5 Å². The SMILES string of the molecule is Nc1cc(Nc2c(F)cccc2Br)ncn1. The van der Waals surface area contributed by atoms with E-state index in [1.807, 2.05) is 0 Å². The molecule has 0 spiro atoms. The van der Waals surface area contributed by atoms with Crippen LogP contribution in [0.3, 0.4) is 0 Å². The molecule has 0 bridgehead atoms. The Bertz CT molecular complexity index is 498. The van der Waals surface area contributed by atoms with Crippen molar-refractivity contribution in [1.29, 1.82) is 0 Å². The summed E-state index contributed by atoms with van der Waals surface area (Å²) in [5, 5.41) is 2.83. The molecule has 1 aromatic heterocycles. The number of hydrogen-bond donors (Lipinski definition) is 2. The Hall–Kier alpha value is -1.69. The lowest BCUT2D eigenvalue weighted by atomic mass is 10.3. The predicted octanol–water partition coefficient (Wildman–Crippen LogP) is 2.70. The van der Waals surface area contributed by atoms with Crippen LogP contribution in [0.15, 0.2) is 35.1 Å². The van der Waals surface area contributed by atoms with Crippen LogP contribution in [0, 0.1) is 5.82 Å². The summed E-state index contributed by atoms with van der Waals surface area (Å²) >= 11 is 3.25. The Balaban J connectivity index is 2.34. The van der Waals surface area contributed by atoms with Crippen molar-refractivity contribution in [3.8, 4) is 0 Å². The Kier molecular flexibility index (Phi) is 3.00. The molecule has 0 unspecified atom stereocenters. The number of halogens is 2. The normalized spacial score (nSPS) is 10.1. The number of hydrogen-bond acceptors (Lipinski definition) is 4. The van der Waals surface area contributed by atoms with Crippen LogP contribution in [0.2, 0.25) is 0 Å². The van der Waals surface area contributed by atoms with Crippen molar-refractivity contribution >= 4 is 33.3 Å². The van der Waals surface area contributed by atoms with Crippen molar-refractivity contribution < 1.29 is 4.39 Å². The maximum atomic E-state index is 13.5. The van der Waals surface area contributed by atoms with Crippen molar-refractivity contribution in [3.05, 3.63) is 40.9 Å². The van der Waals surface area contributed by atoms with E-state index < -0.39 is 0 Å². The monoisotopic (exact) mass is 282 g/mol. The Morgan fingerprint density at radius 1 is 1.31 bits per heavy atom. The topological polar surface area (TPSA) is 63.8 Å². The highest BCUT2D eigenvalue weighted by Crippen LogP contribution is 2.27. The van der Waals surface area contributed by atoms with Crippen LogP contribution in [0.25, 0.3) is 0 Å². The Morgan fingerprint density at radius 2 is 2.12 bits per heavy atom. The molecule has 0 saturated carbocycles. The summed E-state index contributed by atoms with van der Waals surface area (Å²) in [5.74, 6) is 0.398. The molecule has 82 valence electrons. The minimum Gasteiger partial charge on any atom is -0.384 e. The van der Waals surface area contributed by atoms with Gasteiger partial charge in [0, 0.05) is 10.5 Å². The first-order valence-corrected chi connectivity index (χ1v) is 5.24. The molecule has 2 rings (SSSR count). The summed E-state index contributed by atoms with van der Waals surface area (Å²) in [5.41, 5.74) is 5.81. The molecule has 0 aliphatic heterocycles. The molecule has 3 N–H and O–H groups in total. The number of nitrogens with one attached hydrogen (secondary N) is 1. The van der Waals surface area contributed by atoms with Crippen molar-refractivity contribution in [3.63, 3.8) is 0 Å². The highest BCUT2D eigenvalue weighted by atomic mass is 79.9. The first kappa shape index (κ1) is 10.8. The van der Waals surface area contributed by atoms with Crippen molar-refractivity contribution in [1.82, 2.24) is 9.97 Å². The van der Waals surface area contributed by atoms with E-state index in [4.69, 9.17) is 5.73 Å². The van der Waals surface area contributed by atoms with E-state index in [2.05, 4.69) is 31.2 Å². The summed E-state index contributed by atoms with van der Waals surface area (Å²) in [6.45, 7) is 0. The smallest absolute Gasteiger partial charge is 0.147 e. The first-order chi connectivity index (χ1) is 7.66. The molecule has 1 heterocycles. The fraction of sp³-hybridized carbons (Fsp3) is 0. The van der Waals surface area contributed by atoms with Gasteiger partial charge in [0.2, 0.25) is 0 Å². The Morgan fingerprint density at radius 3 is 2.81 bits per heavy atom. The number of nitrogens with zero attached hydrogens (tertiary/aromatic N) is 2. The van der Waals surface area contributed by atoms with E-state index in [1.54, 1.807) is 12.1 Å². The van der Waals surface area contributed by atoms with E-state index in [-0.39, 0.29) is 5.82 Å². The zero-order valence-corrected chi connectivity index (χ0v) is 9.70. The minimum absolute atomic E-state index is 0.320. The summed E-state index contributed by atoms with van der Waals surface area (Å²) in [4.78, 5) is 7.67. The summed E-state index contributed by atoms with van der Waals surface area (Å²) in [7, 11) is 0. The molecule has 6 heteroatoms. The second kappa shape index (κ2) is 4.44. The molecule has 4 nitrogen and oxygen atoms in total. The van der Waals surface area contributed by atoms with Gasteiger partial charge in [0.25, 0.3) is 0 Å². The number of aromatic nitrogens is 2. The molecule has 0 atom stereocenters. The molecule has 0 fully saturated rings. The molecular formula is C10H8BrFN4. The van der Waals surface area contributed by atoms with Gasteiger partial charge in [-0.1, -0.05) is 6.07 Å². The van der Waals surface area contributed by atoms with E-state index in [0.717, 1.165) is 0 Å². The summed E-state index contributed by atoms with van der Waals surface area (Å²) in [6.07, 6.45) is 1.31. The van der Waals surface area contributed by atoms with Gasteiger partial charge in [-0.2, -0.15) is 0 Å². The standard InChI is InChI=1S/C10H8BrFN4/c11-6-2-1-3-7(12)10(6)16-9-4-8(13)14-5-15-9/h1-5H,(H3,13,14,15,16). The number of benzene rings is 1. The molecular weight excluding hydrogens is 275 g/mol. The van der Waals surface area contributed by atoms with Gasteiger partial charge in [0.1, 0.15) is 23.8 Å². The van der Waals surface area contributed by atoms with Crippen molar-refractivity contribution in [2.24, 2.45) is 0 Å². The van der Waals surface area contributed by atoms with Crippen LogP contribution in [-0.2, 0) is 0 Å². The number of nitrogen functional groups attached to an aromatic ring is 1. The van der Waals surface area contributed by atoms with Crippen LogP contribution in [-0.4, -0.2) is 9.97 Å². The van der Waals surface area contributed by atoms with Gasteiger partial charge >= 0.3 is 0 Å². The van der Waals surface area contributed by atoms with Crippen LogP contribution in [0.5, 0.6) is 0 Å². The van der Waals surface area contributed by atoms with E-state index in [9.17, 15) is 4.39 Å². The highest BCUT2D eigenvalue weighted by molar-refractivity contribution is 9.10. The quantitative estimate of drug-likeness (QED) is 0.889. The van der Waals surface area contributed by atoms with E-state index in [0.29, 0.717) is 21.8 Å². The molecule has 2 aromatic rings. The largest absolute Gasteiger partial charge is 0.384 e. The average molecular weight is 283 g/mol. The minimum atomic E-state index is -0.369. The van der Waals surface area contributed by atoms with Crippen LogP contribution in [0.4, 0.5) is 21.7 Å². The van der Waals surface area contributed by atoms with Crippen LogP contribution in [0.1, 0.15) is 0 Å². The third kappa shape index (κ3) is 2.27. The number of nitrogens with two attached hydrogens (primary N) is 1. The molecule has 0 aliphatic rings. The molecule has 16 heavy (non-hydrogen) atoms. The maximum Gasteiger partial charge on any atom is 0.147 e. The molecule has 1 aromatic carbocycles. The fourth-order valence-electron chi connectivity index (χ4n) is 1.19. The average Bonchev–Trinajstić information content (AvgIpc) is 2.24. The predicted molar refractivity (Wildman–Crippen MR) is 63.8 cm³/mol. The second-order valence-corrected chi connectivity index (χ2v) is 3.90. The fourth-order valence-corrected chi connectivity index (χ4v) is 1.63. The van der Waals surface area contributed by atoms with Gasteiger partial charge in [-0.15, -0.1) is 0 Å². The van der Waals surface area contributed by atoms with Crippen molar-refractivity contribution in [2.45, 2.75) is 0 Å². The van der Waals surface area contributed by atoms with Gasteiger partial charge in [-0.25, -0.2) is 14.4 Å². The third-order valence-electron chi connectivity index (χ3n) is 1.90. The van der Waals surface area contributed by atoms with Crippen LogP contribution < -0.4 is 11.1 Å².